The summed E-state index contributed by atoms with van der Waals surface area (Å²) in [4.78, 5) is 13.9. The Kier molecular flexibility index (Phi) is 4.28. The quantitative estimate of drug-likeness (QED) is 0.854. The first-order valence-corrected chi connectivity index (χ1v) is 6.64. The molecular weight excluding hydrogens is 264 g/mol. The molecule has 100 valence electrons. The van der Waals surface area contributed by atoms with Crippen LogP contribution < -0.4 is 4.74 Å². The summed E-state index contributed by atoms with van der Waals surface area (Å²) in [5.74, 6) is 0.415. The average Bonchev–Trinajstić information content (AvgIpc) is 2.94. The lowest BCUT2D eigenvalue weighted by molar-refractivity contribution is -0.136. The number of nitriles is 1. The van der Waals surface area contributed by atoms with Crippen LogP contribution in [0.5, 0.6) is 5.75 Å². The number of halogens is 1. The molecule has 2 rings (SSSR count). The summed E-state index contributed by atoms with van der Waals surface area (Å²) in [6.45, 7) is 3.32. The lowest BCUT2D eigenvalue weighted by Crippen LogP contribution is -2.38. The summed E-state index contributed by atoms with van der Waals surface area (Å²) < 4.78 is 5.59. The SMILES string of the molecule is C[C@H](Oc1ccc(C#N)cc1Cl)C(=O)N1CCCC1. The van der Waals surface area contributed by atoms with Crippen LogP contribution in [-0.4, -0.2) is 30.0 Å². The van der Waals surface area contributed by atoms with Crippen LogP contribution in [0.2, 0.25) is 5.02 Å². The number of hydrogen-bond donors (Lipinski definition) is 0. The standard InChI is InChI=1S/C14H15ClN2O2/c1-10(14(18)17-6-2-3-7-17)19-13-5-4-11(9-16)8-12(13)15/h4-5,8,10H,2-3,6-7H2,1H3/t10-/m0/s1. The molecule has 1 heterocycles. The smallest absolute Gasteiger partial charge is 0.263 e. The topological polar surface area (TPSA) is 53.3 Å². The van der Waals surface area contributed by atoms with Gasteiger partial charge in [-0.3, -0.25) is 4.79 Å². The summed E-state index contributed by atoms with van der Waals surface area (Å²) in [7, 11) is 0. The van der Waals surface area contributed by atoms with Gasteiger partial charge in [-0.1, -0.05) is 11.6 Å². The minimum absolute atomic E-state index is 0.0158. The van der Waals surface area contributed by atoms with Crippen molar-refractivity contribution < 1.29 is 9.53 Å². The van der Waals surface area contributed by atoms with Crippen LogP contribution in [0.25, 0.3) is 0 Å². The molecule has 0 radical (unpaired) electrons. The highest BCUT2D eigenvalue weighted by molar-refractivity contribution is 6.32. The van der Waals surface area contributed by atoms with E-state index in [-0.39, 0.29) is 5.91 Å². The van der Waals surface area contributed by atoms with Crippen LogP contribution in [-0.2, 0) is 4.79 Å². The van der Waals surface area contributed by atoms with Crippen molar-refractivity contribution in [3.8, 4) is 11.8 Å². The van der Waals surface area contributed by atoms with Crippen molar-refractivity contribution in [2.45, 2.75) is 25.9 Å². The molecule has 0 aliphatic carbocycles. The van der Waals surface area contributed by atoms with E-state index in [1.165, 1.54) is 6.07 Å². The number of likely N-dealkylation sites (tertiary alicyclic amines) is 1. The van der Waals surface area contributed by atoms with Gasteiger partial charge in [0.25, 0.3) is 5.91 Å². The van der Waals surface area contributed by atoms with Gasteiger partial charge < -0.3 is 9.64 Å². The number of amides is 1. The largest absolute Gasteiger partial charge is 0.479 e. The lowest BCUT2D eigenvalue weighted by atomic mass is 10.2. The van der Waals surface area contributed by atoms with Gasteiger partial charge in [-0.2, -0.15) is 5.26 Å². The molecule has 1 aromatic carbocycles. The highest BCUT2D eigenvalue weighted by atomic mass is 35.5. The maximum absolute atomic E-state index is 12.1. The van der Waals surface area contributed by atoms with E-state index in [1.54, 1.807) is 19.1 Å². The second-order valence-corrected chi connectivity index (χ2v) is 4.96. The zero-order chi connectivity index (χ0) is 13.8. The molecular formula is C14H15ClN2O2. The van der Waals surface area contributed by atoms with Crippen molar-refractivity contribution in [3.63, 3.8) is 0 Å². The van der Waals surface area contributed by atoms with Crippen molar-refractivity contribution in [2.75, 3.05) is 13.1 Å². The van der Waals surface area contributed by atoms with Crippen LogP contribution >= 0.6 is 11.6 Å². The van der Waals surface area contributed by atoms with E-state index in [4.69, 9.17) is 21.6 Å². The number of hydrogen-bond acceptors (Lipinski definition) is 3. The molecule has 0 saturated carbocycles. The number of carbonyl (C=O) groups excluding carboxylic acids is 1. The van der Waals surface area contributed by atoms with E-state index in [0.717, 1.165) is 25.9 Å². The predicted octanol–water partition coefficient (Wildman–Crippen LogP) is 2.60. The molecule has 0 unspecified atom stereocenters. The number of carbonyl (C=O) groups is 1. The predicted molar refractivity (Wildman–Crippen MR) is 72.1 cm³/mol. The second kappa shape index (κ2) is 5.94. The lowest BCUT2D eigenvalue weighted by Gasteiger charge is -2.21. The summed E-state index contributed by atoms with van der Waals surface area (Å²) in [5, 5.41) is 9.10. The van der Waals surface area contributed by atoms with Gasteiger partial charge in [-0.05, 0) is 38.0 Å². The molecule has 19 heavy (non-hydrogen) atoms. The van der Waals surface area contributed by atoms with Crippen LogP contribution in [0.3, 0.4) is 0 Å². The first-order valence-electron chi connectivity index (χ1n) is 6.27. The fourth-order valence-corrected chi connectivity index (χ4v) is 2.33. The van der Waals surface area contributed by atoms with Gasteiger partial charge in [0.05, 0.1) is 16.7 Å². The highest BCUT2D eigenvalue weighted by Gasteiger charge is 2.24. The summed E-state index contributed by atoms with van der Waals surface area (Å²) >= 11 is 6.02. The minimum atomic E-state index is -0.566. The maximum Gasteiger partial charge on any atom is 0.263 e. The molecule has 1 aliphatic heterocycles. The molecule has 5 heteroatoms. The van der Waals surface area contributed by atoms with Gasteiger partial charge in [0, 0.05) is 13.1 Å². The highest BCUT2D eigenvalue weighted by Crippen LogP contribution is 2.26. The van der Waals surface area contributed by atoms with Crippen LogP contribution in [0.4, 0.5) is 0 Å². The fraction of sp³-hybridized carbons (Fsp3) is 0.429. The van der Waals surface area contributed by atoms with E-state index in [1.807, 2.05) is 11.0 Å². The first-order chi connectivity index (χ1) is 9.11. The molecule has 1 fully saturated rings. The Labute approximate surface area is 117 Å². The number of rotatable bonds is 3. The van der Waals surface area contributed by atoms with Gasteiger partial charge >= 0.3 is 0 Å². The van der Waals surface area contributed by atoms with Crippen LogP contribution in [0.1, 0.15) is 25.3 Å². The van der Waals surface area contributed by atoms with E-state index in [0.29, 0.717) is 16.3 Å². The van der Waals surface area contributed by atoms with Gasteiger partial charge in [0.1, 0.15) is 5.75 Å². The van der Waals surface area contributed by atoms with Gasteiger partial charge in [0.2, 0.25) is 0 Å². The third kappa shape index (κ3) is 3.18. The van der Waals surface area contributed by atoms with Crippen molar-refractivity contribution in [3.05, 3.63) is 28.8 Å². The van der Waals surface area contributed by atoms with Crippen LogP contribution in [0, 0.1) is 11.3 Å². The van der Waals surface area contributed by atoms with Gasteiger partial charge in [0.15, 0.2) is 6.10 Å². The average molecular weight is 279 g/mol. The first kappa shape index (κ1) is 13.7. The molecule has 1 atom stereocenters. The third-order valence-electron chi connectivity index (χ3n) is 3.13. The Morgan fingerprint density at radius 3 is 2.74 bits per heavy atom. The van der Waals surface area contributed by atoms with Crippen molar-refractivity contribution >= 4 is 17.5 Å². The Morgan fingerprint density at radius 1 is 1.47 bits per heavy atom. The molecule has 1 amide bonds. The number of ether oxygens (including phenoxy) is 1. The van der Waals surface area contributed by atoms with E-state index in [9.17, 15) is 4.79 Å². The maximum atomic E-state index is 12.1. The summed E-state index contributed by atoms with van der Waals surface area (Å²) in [5.41, 5.74) is 0.468. The van der Waals surface area contributed by atoms with Crippen molar-refractivity contribution in [1.29, 1.82) is 5.26 Å². The normalized spacial score (nSPS) is 15.9. The van der Waals surface area contributed by atoms with E-state index < -0.39 is 6.10 Å². The van der Waals surface area contributed by atoms with Crippen LogP contribution in [0.15, 0.2) is 18.2 Å². The van der Waals surface area contributed by atoms with E-state index in [2.05, 4.69) is 0 Å². The second-order valence-electron chi connectivity index (χ2n) is 4.55. The van der Waals surface area contributed by atoms with Gasteiger partial charge in [-0.25, -0.2) is 0 Å². The Bertz CT molecular complexity index is 519. The van der Waals surface area contributed by atoms with Crippen molar-refractivity contribution in [1.82, 2.24) is 4.90 Å². The molecule has 0 N–H and O–H groups in total. The molecule has 1 aromatic rings. The summed E-state index contributed by atoms with van der Waals surface area (Å²) in [6.07, 6.45) is 1.54. The zero-order valence-corrected chi connectivity index (χ0v) is 11.5. The Hall–Kier alpha value is -1.73. The monoisotopic (exact) mass is 278 g/mol. The van der Waals surface area contributed by atoms with E-state index >= 15 is 0 Å². The zero-order valence-electron chi connectivity index (χ0n) is 10.7. The number of benzene rings is 1. The molecule has 1 saturated heterocycles. The number of nitrogens with zero attached hydrogens (tertiary/aromatic N) is 2. The molecule has 0 bridgehead atoms. The molecule has 4 nitrogen and oxygen atoms in total. The van der Waals surface area contributed by atoms with Gasteiger partial charge in [-0.15, -0.1) is 0 Å². The molecule has 0 spiro atoms. The van der Waals surface area contributed by atoms with Crippen molar-refractivity contribution in [2.24, 2.45) is 0 Å². The molecule has 1 aliphatic rings. The third-order valence-corrected chi connectivity index (χ3v) is 3.43. The Morgan fingerprint density at radius 2 is 2.16 bits per heavy atom. The Balaban J connectivity index is 2.04. The molecule has 0 aromatic heterocycles. The fourth-order valence-electron chi connectivity index (χ4n) is 2.10. The minimum Gasteiger partial charge on any atom is -0.479 e. The summed E-state index contributed by atoms with van der Waals surface area (Å²) in [6, 6.07) is 6.77.